The molecule has 20 heavy (non-hydrogen) atoms. The van der Waals surface area contributed by atoms with Crippen LogP contribution in [0, 0.1) is 0 Å². The molecule has 0 spiro atoms. The van der Waals surface area contributed by atoms with Gasteiger partial charge in [-0.3, -0.25) is 15.5 Å². The highest BCUT2D eigenvalue weighted by molar-refractivity contribution is 5.79. The zero-order valence-electron chi connectivity index (χ0n) is 11.9. The van der Waals surface area contributed by atoms with E-state index in [0.29, 0.717) is 18.2 Å². The lowest BCUT2D eigenvalue weighted by Gasteiger charge is -2.34. The number of carbonyl (C=O) groups is 1. The number of carbonyl (C=O) groups excluding carboxylic acids is 1. The molecule has 0 atom stereocenters. The van der Waals surface area contributed by atoms with Crippen molar-refractivity contribution in [3.8, 4) is 0 Å². The molecule has 110 valence electrons. The summed E-state index contributed by atoms with van der Waals surface area (Å²) in [6.07, 6.45) is 2.49. The molecule has 0 aliphatic carbocycles. The summed E-state index contributed by atoms with van der Waals surface area (Å²) >= 11 is 0. The second kappa shape index (κ2) is 7.26. The first-order chi connectivity index (χ1) is 9.74. The average Bonchev–Trinajstić information content (AvgIpc) is 2.50. The molecule has 5 nitrogen and oxygen atoms in total. The van der Waals surface area contributed by atoms with Gasteiger partial charge >= 0.3 is 0 Å². The Kier molecular flexibility index (Phi) is 5.38. The van der Waals surface area contributed by atoms with E-state index in [4.69, 9.17) is 5.21 Å². The Morgan fingerprint density at radius 2 is 2.00 bits per heavy atom. The van der Waals surface area contributed by atoms with Crippen LogP contribution in [0.4, 0.5) is 5.69 Å². The fraction of sp³-hybridized carbons (Fsp3) is 0.533. The van der Waals surface area contributed by atoms with Crippen molar-refractivity contribution < 1.29 is 10.0 Å². The Hall–Kier alpha value is -1.59. The maximum absolute atomic E-state index is 12.4. The molecule has 0 saturated carbocycles. The number of nitrogens with one attached hydrogen (secondary N) is 2. The molecule has 1 heterocycles. The van der Waals surface area contributed by atoms with Crippen LogP contribution in [0.15, 0.2) is 24.3 Å². The fourth-order valence-corrected chi connectivity index (χ4v) is 2.73. The molecule has 0 bridgehead atoms. The van der Waals surface area contributed by atoms with Gasteiger partial charge in [-0.2, -0.15) is 0 Å². The summed E-state index contributed by atoms with van der Waals surface area (Å²) in [5.41, 5.74) is 3.70. The zero-order valence-corrected chi connectivity index (χ0v) is 11.9. The molecule has 0 radical (unpaired) electrons. The van der Waals surface area contributed by atoms with Gasteiger partial charge in [0, 0.05) is 12.6 Å². The second-order valence-electron chi connectivity index (χ2n) is 5.15. The highest BCUT2D eigenvalue weighted by atomic mass is 16.5. The maximum atomic E-state index is 12.4. The lowest BCUT2D eigenvalue weighted by Crippen LogP contribution is -2.46. The molecule has 0 aromatic heterocycles. The van der Waals surface area contributed by atoms with Crippen LogP contribution in [-0.4, -0.2) is 41.7 Å². The third kappa shape index (κ3) is 3.71. The first kappa shape index (κ1) is 14.8. The number of nitrogens with zero attached hydrogens (tertiary/aromatic N) is 1. The number of rotatable bonds is 5. The van der Waals surface area contributed by atoms with Crippen molar-refractivity contribution in [2.24, 2.45) is 0 Å². The molecule has 1 aliphatic rings. The molecule has 1 aliphatic heterocycles. The molecular formula is C15H23N3O2. The van der Waals surface area contributed by atoms with Gasteiger partial charge < -0.3 is 10.2 Å². The van der Waals surface area contributed by atoms with Crippen molar-refractivity contribution >= 4 is 11.6 Å². The van der Waals surface area contributed by atoms with Gasteiger partial charge in [0.05, 0.1) is 12.1 Å². The van der Waals surface area contributed by atoms with Crippen LogP contribution >= 0.6 is 0 Å². The summed E-state index contributed by atoms with van der Waals surface area (Å²) in [6, 6.07) is 7.64. The van der Waals surface area contributed by atoms with E-state index in [2.05, 4.69) is 10.8 Å². The summed E-state index contributed by atoms with van der Waals surface area (Å²) in [4.78, 5) is 14.4. The van der Waals surface area contributed by atoms with Crippen molar-refractivity contribution in [3.05, 3.63) is 29.8 Å². The Morgan fingerprint density at radius 3 is 2.55 bits per heavy atom. The Balaban J connectivity index is 1.97. The van der Waals surface area contributed by atoms with Crippen LogP contribution < -0.4 is 10.8 Å². The van der Waals surface area contributed by atoms with Crippen molar-refractivity contribution in [3.63, 3.8) is 0 Å². The van der Waals surface area contributed by atoms with E-state index in [0.717, 1.165) is 38.0 Å². The van der Waals surface area contributed by atoms with E-state index in [-0.39, 0.29) is 5.91 Å². The molecule has 1 amide bonds. The number of amides is 1. The maximum Gasteiger partial charge on any atom is 0.227 e. The van der Waals surface area contributed by atoms with Crippen LogP contribution in [0.3, 0.4) is 0 Å². The second-order valence-corrected chi connectivity index (χ2v) is 5.15. The molecule has 5 heteroatoms. The fourth-order valence-electron chi connectivity index (χ4n) is 2.73. The lowest BCUT2D eigenvalue weighted by atomic mass is 10.0. The van der Waals surface area contributed by atoms with E-state index < -0.39 is 0 Å². The third-order valence-electron chi connectivity index (χ3n) is 3.85. The third-order valence-corrected chi connectivity index (χ3v) is 3.85. The molecule has 0 unspecified atom stereocenters. The van der Waals surface area contributed by atoms with Gasteiger partial charge in [0.15, 0.2) is 0 Å². The predicted molar refractivity (Wildman–Crippen MR) is 78.8 cm³/mol. The molecule has 1 aromatic carbocycles. The summed E-state index contributed by atoms with van der Waals surface area (Å²) < 4.78 is 0. The minimum atomic E-state index is 0.184. The SMILES string of the molecule is CCN(C(=O)Cc1ccc(NO)cc1)C1CCNCC1. The lowest BCUT2D eigenvalue weighted by molar-refractivity contribution is -0.133. The van der Waals surface area contributed by atoms with Crippen LogP contribution in [0.1, 0.15) is 25.3 Å². The standard InChI is InChI=1S/C15H23N3O2/c1-2-18(14-7-9-16-10-8-14)15(19)11-12-3-5-13(17-20)6-4-12/h3-6,14,16-17,20H,2,7-11H2,1H3. The van der Waals surface area contributed by atoms with Gasteiger partial charge in [0.1, 0.15) is 0 Å². The largest absolute Gasteiger partial charge is 0.340 e. The first-order valence-corrected chi connectivity index (χ1v) is 7.23. The zero-order chi connectivity index (χ0) is 14.4. The van der Waals surface area contributed by atoms with E-state index >= 15 is 0 Å². The number of likely N-dealkylation sites (N-methyl/N-ethyl adjacent to an activating group) is 1. The van der Waals surface area contributed by atoms with Crippen molar-refractivity contribution in [2.75, 3.05) is 25.1 Å². The Labute approximate surface area is 119 Å². The van der Waals surface area contributed by atoms with Gasteiger partial charge in [-0.15, -0.1) is 0 Å². The van der Waals surface area contributed by atoms with Gasteiger partial charge in [0.2, 0.25) is 5.91 Å². The average molecular weight is 277 g/mol. The normalized spacial score (nSPS) is 15.9. The molecule has 3 N–H and O–H groups in total. The number of hydrogen-bond donors (Lipinski definition) is 3. The summed E-state index contributed by atoms with van der Waals surface area (Å²) in [5.74, 6) is 0.184. The van der Waals surface area contributed by atoms with Gasteiger partial charge in [-0.05, 0) is 50.6 Å². The van der Waals surface area contributed by atoms with Gasteiger partial charge in [-0.25, -0.2) is 0 Å². The molecule has 1 aromatic rings. The van der Waals surface area contributed by atoms with E-state index in [1.807, 2.05) is 24.0 Å². The summed E-state index contributed by atoms with van der Waals surface area (Å²) in [7, 11) is 0. The predicted octanol–water partition coefficient (Wildman–Crippen LogP) is 1.63. The van der Waals surface area contributed by atoms with E-state index in [1.54, 1.807) is 12.1 Å². The van der Waals surface area contributed by atoms with E-state index in [1.165, 1.54) is 0 Å². The molecular weight excluding hydrogens is 254 g/mol. The molecule has 1 saturated heterocycles. The first-order valence-electron chi connectivity index (χ1n) is 7.23. The number of hydrogen-bond acceptors (Lipinski definition) is 4. The topological polar surface area (TPSA) is 64.6 Å². The van der Waals surface area contributed by atoms with Crippen LogP contribution in [0.2, 0.25) is 0 Å². The Morgan fingerprint density at radius 1 is 1.35 bits per heavy atom. The summed E-state index contributed by atoms with van der Waals surface area (Å²) in [5, 5.41) is 12.1. The van der Waals surface area contributed by atoms with Crippen molar-refractivity contribution in [1.29, 1.82) is 0 Å². The van der Waals surface area contributed by atoms with Crippen LogP contribution in [0.25, 0.3) is 0 Å². The van der Waals surface area contributed by atoms with Crippen molar-refractivity contribution in [1.82, 2.24) is 10.2 Å². The van der Waals surface area contributed by atoms with Crippen LogP contribution in [0.5, 0.6) is 0 Å². The van der Waals surface area contributed by atoms with Gasteiger partial charge in [-0.1, -0.05) is 12.1 Å². The highest BCUT2D eigenvalue weighted by Crippen LogP contribution is 2.15. The quantitative estimate of drug-likeness (QED) is 0.716. The highest BCUT2D eigenvalue weighted by Gasteiger charge is 2.23. The Bertz CT molecular complexity index is 427. The number of anilines is 1. The molecule has 1 fully saturated rings. The number of benzene rings is 1. The van der Waals surface area contributed by atoms with E-state index in [9.17, 15) is 4.79 Å². The minimum absolute atomic E-state index is 0.184. The molecule has 2 rings (SSSR count). The van der Waals surface area contributed by atoms with Crippen LogP contribution in [-0.2, 0) is 11.2 Å². The summed E-state index contributed by atoms with van der Waals surface area (Å²) in [6.45, 7) is 4.79. The monoisotopic (exact) mass is 277 g/mol. The minimum Gasteiger partial charge on any atom is -0.340 e. The van der Waals surface area contributed by atoms with Gasteiger partial charge in [0.25, 0.3) is 0 Å². The smallest absolute Gasteiger partial charge is 0.227 e. The van der Waals surface area contributed by atoms with Crippen molar-refractivity contribution in [2.45, 2.75) is 32.2 Å². The number of piperidine rings is 1.